The third-order valence-corrected chi connectivity index (χ3v) is 5.87. The topological polar surface area (TPSA) is 55.0 Å². The van der Waals surface area contributed by atoms with E-state index in [9.17, 15) is 4.79 Å². The number of esters is 1. The van der Waals surface area contributed by atoms with E-state index in [2.05, 4.69) is 10.2 Å². The molecule has 0 bridgehead atoms. The molecule has 0 aliphatic heterocycles. The summed E-state index contributed by atoms with van der Waals surface area (Å²) in [6.45, 7) is 4.05. The van der Waals surface area contributed by atoms with Gasteiger partial charge in [0.2, 0.25) is 0 Å². The Balaban J connectivity index is 1.90. The van der Waals surface area contributed by atoms with Crippen molar-refractivity contribution in [2.45, 2.75) is 20.3 Å². The molecule has 34 heavy (non-hydrogen) atoms. The zero-order valence-electron chi connectivity index (χ0n) is 18.9. The van der Waals surface area contributed by atoms with Gasteiger partial charge >= 0.3 is 5.97 Å². The number of hydrogen-bond acceptors (Lipinski definition) is 3. The minimum Gasteiger partial charge on any atom is -0.463 e. The first-order valence-electron chi connectivity index (χ1n) is 11.1. The molecule has 0 saturated carbocycles. The van der Waals surface area contributed by atoms with E-state index in [1.165, 1.54) is 12.1 Å². The molecular formula is C28H24ClFN2O2. The fraction of sp³-hybridized carbons (Fsp3) is 0.143. The number of halogens is 2. The number of nitrogens with zero attached hydrogens (tertiary/aromatic N) is 1. The third-order valence-electron chi connectivity index (χ3n) is 5.54. The van der Waals surface area contributed by atoms with Crippen LogP contribution >= 0.6 is 11.6 Å². The summed E-state index contributed by atoms with van der Waals surface area (Å²) in [6, 6.07) is 18.4. The number of ether oxygens (including phenoxy) is 1. The molecule has 6 heteroatoms. The Labute approximate surface area is 202 Å². The zero-order chi connectivity index (χ0) is 24.1. The molecule has 0 unspecified atom stereocenters. The number of benzene rings is 3. The zero-order valence-corrected chi connectivity index (χ0v) is 19.7. The SMILES string of the molecule is CCOC(=O)/C=C/c1ccc(/C(=C(/CC)c2ccccc2Cl)c2ccc3[nH]ncc3c2)c(F)c1. The van der Waals surface area contributed by atoms with E-state index < -0.39 is 11.8 Å². The van der Waals surface area contributed by atoms with Gasteiger partial charge in [0.05, 0.1) is 18.3 Å². The van der Waals surface area contributed by atoms with Crippen molar-refractivity contribution in [3.63, 3.8) is 0 Å². The van der Waals surface area contributed by atoms with Crippen molar-refractivity contribution >= 4 is 45.7 Å². The normalized spacial score (nSPS) is 12.2. The fourth-order valence-corrected chi connectivity index (χ4v) is 4.24. The summed E-state index contributed by atoms with van der Waals surface area (Å²) in [7, 11) is 0. The first-order valence-corrected chi connectivity index (χ1v) is 11.5. The quantitative estimate of drug-likeness (QED) is 0.174. The minimum absolute atomic E-state index is 0.285. The second-order valence-corrected chi connectivity index (χ2v) is 8.09. The summed E-state index contributed by atoms with van der Waals surface area (Å²) >= 11 is 6.56. The van der Waals surface area contributed by atoms with Crippen LogP contribution in [-0.2, 0) is 9.53 Å². The van der Waals surface area contributed by atoms with Gasteiger partial charge in [-0.1, -0.05) is 54.9 Å². The van der Waals surface area contributed by atoms with Crippen molar-refractivity contribution < 1.29 is 13.9 Å². The maximum Gasteiger partial charge on any atom is 0.330 e. The molecule has 1 heterocycles. The van der Waals surface area contributed by atoms with Gasteiger partial charge in [-0.05, 0) is 71.5 Å². The van der Waals surface area contributed by atoms with E-state index in [-0.39, 0.29) is 6.61 Å². The third kappa shape index (κ3) is 4.95. The van der Waals surface area contributed by atoms with E-state index in [4.69, 9.17) is 16.3 Å². The number of allylic oxidation sites excluding steroid dienone is 1. The van der Waals surface area contributed by atoms with Crippen LogP contribution in [0.4, 0.5) is 4.39 Å². The molecule has 0 aliphatic carbocycles. The molecule has 4 nitrogen and oxygen atoms in total. The Morgan fingerprint density at radius 1 is 1.09 bits per heavy atom. The van der Waals surface area contributed by atoms with Gasteiger partial charge in [-0.3, -0.25) is 5.10 Å². The highest BCUT2D eigenvalue weighted by Crippen LogP contribution is 2.38. The average molecular weight is 475 g/mol. The molecule has 0 aliphatic rings. The molecule has 0 atom stereocenters. The fourth-order valence-electron chi connectivity index (χ4n) is 3.99. The maximum atomic E-state index is 15.6. The summed E-state index contributed by atoms with van der Waals surface area (Å²) in [5.74, 6) is -0.862. The molecule has 0 radical (unpaired) electrons. The molecular weight excluding hydrogens is 451 g/mol. The smallest absolute Gasteiger partial charge is 0.330 e. The number of rotatable bonds is 7. The summed E-state index contributed by atoms with van der Waals surface area (Å²) in [5, 5.41) is 8.60. The predicted molar refractivity (Wildman–Crippen MR) is 136 cm³/mol. The lowest BCUT2D eigenvalue weighted by Gasteiger charge is -2.18. The van der Waals surface area contributed by atoms with Gasteiger partial charge in [-0.2, -0.15) is 5.10 Å². The first kappa shape index (κ1) is 23.5. The van der Waals surface area contributed by atoms with Gasteiger partial charge in [0, 0.05) is 22.0 Å². The van der Waals surface area contributed by atoms with E-state index >= 15 is 4.39 Å². The standard InChI is InChI=1S/C28H24ClFN2O2/c1-3-21(22-7-5-6-8-24(22)29)28(19-11-13-26-20(16-19)17-31-32-26)23-12-9-18(15-25(23)30)10-14-27(33)34-4-2/h5-17H,3-4H2,1-2H3,(H,31,32)/b14-10+,28-21-. The van der Waals surface area contributed by atoms with Gasteiger partial charge in [-0.15, -0.1) is 0 Å². The van der Waals surface area contributed by atoms with Crippen molar-refractivity contribution in [1.29, 1.82) is 0 Å². The Morgan fingerprint density at radius 2 is 1.91 bits per heavy atom. The minimum atomic E-state index is -0.465. The summed E-state index contributed by atoms with van der Waals surface area (Å²) in [6.07, 6.45) is 5.23. The van der Waals surface area contributed by atoms with Crippen molar-refractivity contribution in [1.82, 2.24) is 10.2 Å². The Kier molecular flexibility index (Phi) is 7.24. The van der Waals surface area contributed by atoms with Gasteiger partial charge < -0.3 is 4.74 Å². The van der Waals surface area contributed by atoms with Crippen LogP contribution in [0.1, 0.15) is 42.5 Å². The van der Waals surface area contributed by atoms with Crippen molar-refractivity contribution in [2.75, 3.05) is 6.61 Å². The van der Waals surface area contributed by atoms with Crippen LogP contribution in [-0.4, -0.2) is 22.8 Å². The van der Waals surface area contributed by atoms with Gasteiger partial charge in [0.25, 0.3) is 0 Å². The first-order chi connectivity index (χ1) is 16.5. The largest absolute Gasteiger partial charge is 0.463 e. The Bertz CT molecular complexity index is 1400. The maximum absolute atomic E-state index is 15.6. The van der Waals surface area contributed by atoms with E-state index in [0.717, 1.165) is 33.2 Å². The number of aromatic amines is 1. The van der Waals surface area contributed by atoms with Crippen molar-refractivity contribution in [3.8, 4) is 0 Å². The number of hydrogen-bond donors (Lipinski definition) is 1. The molecule has 0 spiro atoms. The van der Waals surface area contributed by atoms with E-state index in [1.54, 1.807) is 31.3 Å². The summed E-state index contributed by atoms with van der Waals surface area (Å²) in [4.78, 5) is 11.6. The van der Waals surface area contributed by atoms with Crippen LogP contribution in [0.25, 0.3) is 28.1 Å². The number of nitrogens with one attached hydrogen (secondary N) is 1. The number of fused-ring (bicyclic) bond motifs is 1. The number of carbonyl (C=O) groups excluding carboxylic acids is 1. The van der Waals surface area contributed by atoms with E-state index in [1.807, 2.05) is 49.4 Å². The van der Waals surface area contributed by atoms with Crippen LogP contribution in [0.3, 0.4) is 0 Å². The number of aromatic nitrogens is 2. The second-order valence-electron chi connectivity index (χ2n) is 7.68. The summed E-state index contributed by atoms with van der Waals surface area (Å²) in [5.41, 5.74) is 5.33. The lowest BCUT2D eigenvalue weighted by Crippen LogP contribution is -2.00. The average Bonchev–Trinajstić information content (AvgIpc) is 3.31. The highest BCUT2D eigenvalue weighted by molar-refractivity contribution is 6.32. The van der Waals surface area contributed by atoms with Gasteiger partial charge in [-0.25, -0.2) is 9.18 Å². The van der Waals surface area contributed by atoms with Crippen molar-refractivity contribution in [3.05, 3.63) is 106 Å². The lowest BCUT2D eigenvalue weighted by molar-refractivity contribution is -0.137. The van der Waals surface area contributed by atoms with Crippen LogP contribution in [0.15, 0.2) is 72.9 Å². The molecule has 172 valence electrons. The molecule has 0 saturated heterocycles. The second kappa shape index (κ2) is 10.5. The number of carbonyl (C=O) groups is 1. The molecule has 4 rings (SSSR count). The highest BCUT2D eigenvalue weighted by Gasteiger charge is 2.18. The van der Waals surface area contributed by atoms with Crippen LogP contribution in [0, 0.1) is 5.82 Å². The molecule has 1 N–H and O–H groups in total. The number of H-pyrrole nitrogens is 1. The predicted octanol–water partition coefficient (Wildman–Crippen LogP) is 7.30. The molecule has 4 aromatic rings. The van der Waals surface area contributed by atoms with Crippen molar-refractivity contribution in [2.24, 2.45) is 0 Å². The Morgan fingerprint density at radius 3 is 2.65 bits per heavy atom. The van der Waals surface area contributed by atoms with Gasteiger partial charge in [0.15, 0.2) is 0 Å². The molecule has 0 amide bonds. The molecule has 1 aromatic heterocycles. The molecule has 0 fully saturated rings. The van der Waals surface area contributed by atoms with Crippen LogP contribution in [0.2, 0.25) is 5.02 Å². The van der Waals surface area contributed by atoms with E-state index in [0.29, 0.717) is 22.6 Å². The Hall–Kier alpha value is -3.70. The highest BCUT2D eigenvalue weighted by atomic mass is 35.5. The monoisotopic (exact) mass is 474 g/mol. The summed E-state index contributed by atoms with van der Waals surface area (Å²) < 4.78 is 20.5. The van der Waals surface area contributed by atoms with Gasteiger partial charge in [0.1, 0.15) is 5.82 Å². The lowest BCUT2D eigenvalue weighted by atomic mass is 9.87. The van der Waals surface area contributed by atoms with Crippen LogP contribution < -0.4 is 0 Å². The molecule has 3 aromatic carbocycles. The van der Waals surface area contributed by atoms with Crippen LogP contribution in [0.5, 0.6) is 0 Å².